The third-order valence-electron chi connectivity index (χ3n) is 6.28. The number of ether oxygens (including phenoxy) is 1. The molecule has 0 aliphatic carbocycles. The van der Waals surface area contributed by atoms with Crippen molar-refractivity contribution in [2.24, 2.45) is 0 Å². The molecule has 0 aliphatic rings. The second-order valence-electron chi connectivity index (χ2n) is 9.51. The van der Waals surface area contributed by atoms with Gasteiger partial charge in [0, 0.05) is 19.5 Å². The van der Waals surface area contributed by atoms with Gasteiger partial charge in [0.2, 0.25) is 5.91 Å². The normalized spacial score (nSPS) is 11.7. The summed E-state index contributed by atoms with van der Waals surface area (Å²) in [6.07, 6.45) is 2.16. The first-order valence-corrected chi connectivity index (χ1v) is 13.0. The minimum atomic E-state index is -0.747. The topological polar surface area (TPSA) is 58.6 Å². The highest BCUT2D eigenvalue weighted by Crippen LogP contribution is 2.20. The molecule has 3 aromatic rings. The molecule has 5 nitrogen and oxygen atoms in total. The molecule has 0 radical (unpaired) electrons. The predicted molar refractivity (Wildman–Crippen MR) is 145 cm³/mol. The number of rotatable bonds is 13. The minimum Gasteiger partial charge on any atom is -0.484 e. The Kier molecular flexibility index (Phi) is 10.7. The van der Waals surface area contributed by atoms with Crippen LogP contribution in [0.3, 0.4) is 0 Å². The maximum atomic E-state index is 13.6. The zero-order chi connectivity index (χ0) is 26.6. The summed E-state index contributed by atoms with van der Waals surface area (Å²) in [5.74, 6) is 0.101. The standard InChI is InChI=1S/C31H37FN2O3/c1-4-5-19-33-31(36)29(20-24-9-7-6-8-10-24)34(21-25-11-15-27(32)16-12-25)30(35)22-37-28-17-13-26(14-18-28)23(2)3/h6-18,23,29H,4-5,19-22H2,1-3H3,(H,33,36)/t29-/m0/s1. The first-order chi connectivity index (χ1) is 17.9. The number of unbranched alkanes of at least 4 members (excludes halogenated alkanes) is 1. The van der Waals surface area contributed by atoms with Gasteiger partial charge in [-0.1, -0.05) is 81.8 Å². The van der Waals surface area contributed by atoms with Crippen molar-refractivity contribution in [3.8, 4) is 5.75 Å². The molecule has 1 N–H and O–H groups in total. The van der Waals surface area contributed by atoms with E-state index in [2.05, 4.69) is 26.1 Å². The highest BCUT2D eigenvalue weighted by atomic mass is 19.1. The van der Waals surface area contributed by atoms with Crippen LogP contribution in [0.15, 0.2) is 78.9 Å². The molecule has 37 heavy (non-hydrogen) atoms. The van der Waals surface area contributed by atoms with Crippen LogP contribution in [0, 0.1) is 5.82 Å². The van der Waals surface area contributed by atoms with Crippen molar-refractivity contribution in [3.05, 3.63) is 101 Å². The molecule has 196 valence electrons. The van der Waals surface area contributed by atoms with Gasteiger partial charge in [0.05, 0.1) is 0 Å². The van der Waals surface area contributed by atoms with Gasteiger partial charge in [-0.15, -0.1) is 0 Å². The van der Waals surface area contributed by atoms with E-state index in [4.69, 9.17) is 4.74 Å². The Morgan fingerprint density at radius 1 is 0.919 bits per heavy atom. The van der Waals surface area contributed by atoms with Crippen LogP contribution in [0.1, 0.15) is 56.2 Å². The summed E-state index contributed by atoms with van der Waals surface area (Å²) in [5.41, 5.74) is 2.86. The van der Waals surface area contributed by atoms with Crippen LogP contribution < -0.4 is 10.1 Å². The highest BCUT2D eigenvalue weighted by Gasteiger charge is 2.30. The Morgan fingerprint density at radius 3 is 2.22 bits per heavy atom. The molecule has 3 aromatic carbocycles. The highest BCUT2D eigenvalue weighted by molar-refractivity contribution is 5.88. The third-order valence-corrected chi connectivity index (χ3v) is 6.28. The van der Waals surface area contributed by atoms with Crippen LogP contribution in [0.25, 0.3) is 0 Å². The number of hydrogen-bond donors (Lipinski definition) is 1. The SMILES string of the molecule is CCCCNC(=O)[C@H](Cc1ccccc1)N(Cc1ccc(F)cc1)C(=O)COc1ccc(C(C)C)cc1. The van der Waals surface area contributed by atoms with Gasteiger partial charge in [0.25, 0.3) is 5.91 Å². The largest absolute Gasteiger partial charge is 0.484 e. The van der Waals surface area contributed by atoms with E-state index in [1.54, 1.807) is 17.0 Å². The van der Waals surface area contributed by atoms with Crippen molar-refractivity contribution < 1.29 is 18.7 Å². The predicted octanol–water partition coefficient (Wildman–Crippen LogP) is 5.88. The summed E-state index contributed by atoms with van der Waals surface area (Å²) < 4.78 is 19.4. The van der Waals surface area contributed by atoms with Gasteiger partial charge in [-0.3, -0.25) is 9.59 Å². The monoisotopic (exact) mass is 504 g/mol. The molecule has 0 aromatic heterocycles. The molecule has 2 amide bonds. The van der Waals surface area contributed by atoms with Gasteiger partial charge in [0.1, 0.15) is 17.6 Å². The zero-order valence-electron chi connectivity index (χ0n) is 22.0. The lowest BCUT2D eigenvalue weighted by Gasteiger charge is -2.31. The molecular weight excluding hydrogens is 467 g/mol. The van der Waals surface area contributed by atoms with Crippen LogP contribution in [0.2, 0.25) is 0 Å². The number of nitrogens with one attached hydrogen (secondary N) is 1. The average Bonchev–Trinajstić information content (AvgIpc) is 2.91. The summed E-state index contributed by atoms with van der Waals surface area (Å²) in [5, 5.41) is 2.99. The Balaban J connectivity index is 1.85. The van der Waals surface area contributed by atoms with Gasteiger partial charge >= 0.3 is 0 Å². The van der Waals surface area contributed by atoms with E-state index >= 15 is 0 Å². The van der Waals surface area contributed by atoms with Gasteiger partial charge in [-0.2, -0.15) is 0 Å². The van der Waals surface area contributed by atoms with Crippen molar-refractivity contribution in [3.63, 3.8) is 0 Å². The summed E-state index contributed by atoms with van der Waals surface area (Å²) >= 11 is 0. The molecule has 3 rings (SSSR count). The Bertz CT molecular complexity index is 1120. The number of halogens is 1. The first kappa shape index (κ1) is 27.9. The lowest BCUT2D eigenvalue weighted by atomic mass is 10.0. The molecule has 0 saturated heterocycles. The Morgan fingerprint density at radius 2 is 1.59 bits per heavy atom. The molecule has 1 atom stereocenters. The second kappa shape index (κ2) is 14.2. The summed E-state index contributed by atoms with van der Waals surface area (Å²) in [6.45, 7) is 6.78. The van der Waals surface area contributed by atoms with E-state index in [0.29, 0.717) is 24.6 Å². The molecule has 0 fully saturated rings. The summed E-state index contributed by atoms with van der Waals surface area (Å²) in [4.78, 5) is 28.5. The molecule has 0 aliphatic heterocycles. The van der Waals surface area contributed by atoms with Crippen LogP contribution in [0.5, 0.6) is 5.75 Å². The van der Waals surface area contributed by atoms with Crippen LogP contribution in [0.4, 0.5) is 4.39 Å². The van der Waals surface area contributed by atoms with E-state index < -0.39 is 6.04 Å². The van der Waals surface area contributed by atoms with Crippen molar-refractivity contribution in [2.45, 2.75) is 58.5 Å². The molecule has 6 heteroatoms. The maximum absolute atomic E-state index is 13.6. The number of hydrogen-bond acceptors (Lipinski definition) is 3. The molecule has 0 spiro atoms. The maximum Gasteiger partial charge on any atom is 0.261 e. The molecular formula is C31H37FN2O3. The van der Waals surface area contributed by atoms with Crippen molar-refractivity contribution in [1.82, 2.24) is 10.2 Å². The van der Waals surface area contributed by atoms with Crippen LogP contribution in [-0.4, -0.2) is 35.9 Å². The smallest absolute Gasteiger partial charge is 0.261 e. The Labute approximate surface area is 219 Å². The van der Waals surface area contributed by atoms with Gasteiger partial charge in [0.15, 0.2) is 6.61 Å². The minimum absolute atomic E-state index is 0.160. The zero-order valence-corrected chi connectivity index (χ0v) is 22.0. The summed E-state index contributed by atoms with van der Waals surface area (Å²) in [6, 6.07) is 22.6. The second-order valence-corrected chi connectivity index (χ2v) is 9.51. The van der Waals surface area contributed by atoms with Crippen LogP contribution in [-0.2, 0) is 22.6 Å². The molecule has 0 heterocycles. The number of carbonyl (C=O) groups excluding carboxylic acids is 2. The number of amides is 2. The van der Waals surface area contributed by atoms with Crippen molar-refractivity contribution in [1.29, 1.82) is 0 Å². The van der Waals surface area contributed by atoms with Crippen molar-refractivity contribution >= 4 is 11.8 Å². The Hall–Kier alpha value is -3.67. The fourth-order valence-electron chi connectivity index (χ4n) is 4.02. The van der Waals surface area contributed by atoms with Gasteiger partial charge in [-0.05, 0) is 53.3 Å². The van der Waals surface area contributed by atoms with E-state index in [1.165, 1.54) is 17.7 Å². The van der Waals surface area contributed by atoms with E-state index in [1.807, 2.05) is 54.6 Å². The summed E-state index contributed by atoms with van der Waals surface area (Å²) in [7, 11) is 0. The third kappa shape index (κ3) is 8.74. The average molecular weight is 505 g/mol. The molecule has 0 bridgehead atoms. The van der Waals surface area contributed by atoms with Gasteiger partial charge < -0.3 is 15.0 Å². The number of benzene rings is 3. The van der Waals surface area contributed by atoms with Crippen molar-refractivity contribution in [2.75, 3.05) is 13.2 Å². The number of nitrogens with zero attached hydrogens (tertiary/aromatic N) is 1. The van der Waals surface area contributed by atoms with Crippen LogP contribution >= 0.6 is 0 Å². The lowest BCUT2D eigenvalue weighted by molar-refractivity contribution is -0.142. The first-order valence-electron chi connectivity index (χ1n) is 13.0. The van der Waals surface area contributed by atoms with E-state index in [-0.39, 0.29) is 30.8 Å². The fraction of sp³-hybridized carbons (Fsp3) is 0.355. The van der Waals surface area contributed by atoms with Gasteiger partial charge in [-0.25, -0.2) is 4.39 Å². The van der Waals surface area contributed by atoms with E-state index in [9.17, 15) is 14.0 Å². The molecule has 0 unspecified atom stereocenters. The van der Waals surface area contributed by atoms with E-state index in [0.717, 1.165) is 24.0 Å². The molecule has 0 saturated carbocycles. The fourth-order valence-corrected chi connectivity index (χ4v) is 4.02. The lowest BCUT2D eigenvalue weighted by Crippen LogP contribution is -2.51. The number of carbonyl (C=O) groups is 2. The quantitative estimate of drug-likeness (QED) is 0.296.